The topological polar surface area (TPSA) is 56.4 Å². The number of nitrogens with one attached hydrogen (secondary N) is 1. The van der Waals surface area contributed by atoms with E-state index in [1.807, 2.05) is 0 Å². The first-order chi connectivity index (χ1) is 14.2. The van der Waals surface area contributed by atoms with Gasteiger partial charge in [-0.25, -0.2) is 4.39 Å². The molecule has 0 fully saturated rings. The summed E-state index contributed by atoms with van der Waals surface area (Å²) in [6.07, 6.45) is -3.19. The molecule has 1 aliphatic heterocycles. The largest absolute Gasteiger partial charge is 0.416 e. The molecule has 3 aromatic rings. The number of carbonyl (C=O) groups is 1. The third-order valence-corrected chi connectivity index (χ3v) is 4.82. The number of anilines is 2. The summed E-state index contributed by atoms with van der Waals surface area (Å²) in [5.41, 5.74) is 0.0874. The van der Waals surface area contributed by atoms with Gasteiger partial charge in [0.1, 0.15) is 5.82 Å². The van der Waals surface area contributed by atoms with E-state index < -0.39 is 23.5 Å². The van der Waals surface area contributed by atoms with Gasteiger partial charge in [-0.1, -0.05) is 12.1 Å². The van der Waals surface area contributed by atoms with Crippen LogP contribution in [0.5, 0.6) is 0 Å². The average molecular weight is 417 g/mol. The van der Waals surface area contributed by atoms with Gasteiger partial charge in [0.2, 0.25) is 5.56 Å². The molecule has 9 heteroatoms. The molecule has 0 atom stereocenters. The van der Waals surface area contributed by atoms with Crippen LogP contribution < -0.4 is 15.4 Å². The van der Waals surface area contributed by atoms with E-state index in [9.17, 15) is 27.2 Å². The molecular weight excluding hydrogens is 402 g/mol. The standard InChI is InChI=1S/C21H15F4N3O2/c22-15-4-1-13(2-5-15)11-27-12-28(16-6-8-19(29)26-10-16)20(30)17-7-3-14(9-18(17)27)21(23,24)25/h1-10H,11-12H2,(H,26,29). The van der Waals surface area contributed by atoms with E-state index in [4.69, 9.17) is 0 Å². The summed E-state index contributed by atoms with van der Waals surface area (Å²) in [6.45, 7) is 0.109. The quantitative estimate of drug-likeness (QED) is 0.652. The number of hydrogen-bond donors (Lipinski definition) is 1. The van der Waals surface area contributed by atoms with Gasteiger partial charge in [0.05, 0.1) is 29.2 Å². The summed E-state index contributed by atoms with van der Waals surface area (Å²) in [5.74, 6) is -0.914. The van der Waals surface area contributed by atoms with Crippen LogP contribution >= 0.6 is 0 Å². The highest BCUT2D eigenvalue weighted by Crippen LogP contribution is 2.37. The van der Waals surface area contributed by atoms with Crippen LogP contribution in [0.4, 0.5) is 28.9 Å². The van der Waals surface area contributed by atoms with Crippen LogP contribution in [0.3, 0.4) is 0 Å². The number of carbonyl (C=O) groups excluding carboxylic acids is 1. The normalized spacial score (nSPS) is 14.1. The Morgan fingerprint density at radius 1 is 0.967 bits per heavy atom. The number of H-pyrrole nitrogens is 1. The van der Waals surface area contributed by atoms with E-state index >= 15 is 0 Å². The molecule has 154 valence electrons. The highest BCUT2D eigenvalue weighted by molar-refractivity contribution is 6.11. The number of pyridine rings is 1. The minimum atomic E-state index is -4.56. The average Bonchev–Trinajstić information content (AvgIpc) is 2.71. The summed E-state index contributed by atoms with van der Waals surface area (Å²) >= 11 is 0. The number of halogens is 4. The molecule has 0 saturated heterocycles. The van der Waals surface area contributed by atoms with Gasteiger partial charge in [-0.05, 0) is 42.0 Å². The Labute approximate surface area is 168 Å². The second-order valence-electron chi connectivity index (χ2n) is 6.84. The molecule has 0 bridgehead atoms. The number of hydrogen-bond acceptors (Lipinski definition) is 3. The SMILES string of the molecule is O=C1c2ccc(C(F)(F)F)cc2N(Cc2ccc(F)cc2)CN1c1ccc(=O)[nH]c1. The molecule has 0 aliphatic carbocycles. The van der Waals surface area contributed by atoms with Crippen LogP contribution in [0.25, 0.3) is 0 Å². The fourth-order valence-corrected chi connectivity index (χ4v) is 3.32. The first-order valence-corrected chi connectivity index (χ1v) is 8.93. The van der Waals surface area contributed by atoms with E-state index in [1.165, 1.54) is 47.5 Å². The molecule has 5 nitrogen and oxygen atoms in total. The monoisotopic (exact) mass is 417 g/mol. The Morgan fingerprint density at radius 3 is 2.33 bits per heavy atom. The summed E-state index contributed by atoms with van der Waals surface area (Å²) in [4.78, 5) is 29.8. The van der Waals surface area contributed by atoms with E-state index in [2.05, 4.69) is 4.98 Å². The van der Waals surface area contributed by atoms with Crippen LogP contribution in [0.1, 0.15) is 21.5 Å². The number of aromatic amines is 1. The minimum absolute atomic E-state index is 0.0451. The van der Waals surface area contributed by atoms with Crippen LogP contribution in [-0.2, 0) is 12.7 Å². The van der Waals surface area contributed by atoms with Gasteiger partial charge in [-0.2, -0.15) is 13.2 Å². The van der Waals surface area contributed by atoms with Crippen molar-refractivity contribution in [3.63, 3.8) is 0 Å². The Kier molecular flexibility index (Phi) is 4.81. The van der Waals surface area contributed by atoms with Gasteiger partial charge >= 0.3 is 6.18 Å². The Balaban J connectivity index is 1.78. The van der Waals surface area contributed by atoms with Crippen molar-refractivity contribution >= 4 is 17.3 Å². The zero-order valence-electron chi connectivity index (χ0n) is 15.4. The van der Waals surface area contributed by atoms with Crippen molar-refractivity contribution in [2.75, 3.05) is 16.5 Å². The molecule has 1 aliphatic rings. The molecule has 1 amide bonds. The maximum Gasteiger partial charge on any atom is 0.416 e. The molecule has 0 radical (unpaired) electrons. The fraction of sp³-hybridized carbons (Fsp3) is 0.143. The minimum Gasteiger partial charge on any atom is -0.348 e. The fourth-order valence-electron chi connectivity index (χ4n) is 3.32. The molecule has 4 rings (SSSR count). The number of benzene rings is 2. The number of amides is 1. The van der Waals surface area contributed by atoms with Gasteiger partial charge in [0, 0.05) is 18.8 Å². The van der Waals surface area contributed by atoms with Crippen molar-refractivity contribution < 1.29 is 22.4 Å². The summed E-state index contributed by atoms with van der Waals surface area (Å²) in [5, 5.41) is 0. The first-order valence-electron chi connectivity index (χ1n) is 8.93. The summed E-state index contributed by atoms with van der Waals surface area (Å²) < 4.78 is 53.0. The van der Waals surface area contributed by atoms with E-state index in [0.717, 1.165) is 18.2 Å². The van der Waals surface area contributed by atoms with Crippen LogP contribution in [0, 0.1) is 5.82 Å². The first kappa shape index (κ1) is 19.7. The van der Waals surface area contributed by atoms with Crippen molar-refractivity contribution in [3.8, 4) is 0 Å². The van der Waals surface area contributed by atoms with Crippen molar-refractivity contribution in [1.29, 1.82) is 0 Å². The maximum atomic E-state index is 13.2. The van der Waals surface area contributed by atoms with Crippen molar-refractivity contribution in [2.24, 2.45) is 0 Å². The van der Waals surface area contributed by atoms with Gasteiger partial charge in [-0.15, -0.1) is 0 Å². The van der Waals surface area contributed by atoms with Gasteiger partial charge < -0.3 is 9.88 Å². The molecule has 1 aromatic heterocycles. The molecule has 1 N–H and O–H groups in total. The highest BCUT2D eigenvalue weighted by atomic mass is 19.4. The highest BCUT2D eigenvalue weighted by Gasteiger charge is 2.35. The predicted octanol–water partition coefficient (Wildman–Crippen LogP) is 4.16. The van der Waals surface area contributed by atoms with Crippen LogP contribution in [-0.4, -0.2) is 17.6 Å². The zero-order chi connectivity index (χ0) is 21.5. The number of fused-ring (bicyclic) bond motifs is 1. The number of alkyl halides is 3. The number of aromatic nitrogens is 1. The smallest absolute Gasteiger partial charge is 0.348 e. The van der Waals surface area contributed by atoms with Gasteiger partial charge in [-0.3, -0.25) is 14.5 Å². The molecular formula is C21H15F4N3O2. The van der Waals surface area contributed by atoms with Crippen molar-refractivity contribution in [1.82, 2.24) is 4.98 Å². The lowest BCUT2D eigenvalue weighted by molar-refractivity contribution is -0.137. The maximum absolute atomic E-state index is 13.2. The van der Waals surface area contributed by atoms with E-state index in [1.54, 1.807) is 4.90 Å². The lowest BCUT2D eigenvalue weighted by Crippen LogP contribution is -2.47. The molecule has 30 heavy (non-hydrogen) atoms. The lowest BCUT2D eigenvalue weighted by Gasteiger charge is -2.38. The molecule has 2 heterocycles. The van der Waals surface area contributed by atoms with E-state index in [-0.39, 0.29) is 30.0 Å². The second-order valence-corrected chi connectivity index (χ2v) is 6.84. The number of rotatable bonds is 3. The Bertz CT molecular complexity index is 1140. The molecule has 2 aromatic carbocycles. The van der Waals surface area contributed by atoms with Gasteiger partial charge in [0.25, 0.3) is 5.91 Å². The second kappa shape index (κ2) is 7.33. The molecule has 0 spiro atoms. The van der Waals surface area contributed by atoms with E-state index in [0.29, 0.717) is 11.3 Å². The Hall–Kier alpha value is -3.62. The van der Waals surface area contributed by atoms with Crippen LogP contribution in [0.15, 0.2) is 65.6 Å². The van der Waals surface area contributed by atoms with Gasteiger partial charge in [0.15, 0.2) is 0 Å². The third-order valence-electron chi connectivity index (χ3n) is 4.82. The third kappa shape index (κ3) is 3.78. The summed E-state index contributed by atoms with van der Waals surface area (Å²) in [7, 11) is 0. The lowest BCUT2D eigenvalue weighted by atomic mass is 10.0. The summed E-state index contributed by atoms with van der Waals surface area (Å²) in [6, 6.07) is 11.3. The molecule has 0 unspecified atom stereocenters. The number of nitrogens with zero attached hydrogens (tertiary/aromatic N) is 2. The van der Waals surface area contributed by atoms with Crippen molar-refractivity contribution in [3.05, 3.63) is 93.7 Å². The molecule has 0 saturated carbocycles. The predicted molar refractivity (Wildman–Crippen MR) is 103 cm³/mol. The van der Waals surface area contributed by atoms with Crippen LogP contribution in [0.2, 0.25) is 0 Å². The van der Waals surface area contributed by atoms with Crippen molar-refractivity contribution in [2.45, 2.75) is 12.7 Å². The zero-order valence-corrected chi connectivity index (χ0v) is 15.4. The Morgan fingerprint density at radius 2 is 1.70 bits per heavy atom.